The van der Waals surface area contributed by atoms with Gasteiger partial charge in [0, 0.05) is 16.8 Å². The van der Waals surface area contributed by atoms with Gasteiger partial charge in [0.05, 0.1) is 11.6 Å². The highest BCUT2D eigenvalue weighted by Gasteiger charge is 2.23. The highest BCUT2D eigenvalue weighted by molar-refractivity contribution is 9.10. The fourth-order valence-electron chi connectivity index (χ4n) is 3.15. The number of rotatable bonds is 5. The van der Waals surface area contributed by atoms with E-state index >= 15 is 0 Å². The van der Waals surface area contributed by atoms with Crippen LogP contribution in [0.5, 0.6) is 11.5 Å². The molecule has 0 spiro atoms. The van der Waals surface area contributed by atoms with Crippen molar-refractivity contribution >= 4 is 39.2 Å². The lowest BCUT2D eigenvalue weighted by molar-refractivity contribution is -0.110. The Morgan fingerprint density at radius 3 is 2.62 bits per heavy atom. The van der Waals surface area contributed by atoms with E-state index in [0.717, 1.165) is 22.4 Å². The van der Waals surface area contributed by atoms with Crippen LogP contribution < -0.4 is 14.8 Å². The molecule has 6 heteroatoms. The molecule has 1 N–H and O–H groups in total. The molecule has 1 aliphatic heterocycles. The summed E-state index contributed by atoms with van der Waals surface area (Å²) in [4.78, 5) is 12.4. The fraction of sp³-hybridized carbons (Fsp3) is 0.0870. The zero-order valence-corrected chi connectivity index (χ0v) is 17.1. The third-order valence-electron chi connectivity index (χ3n) is 4.57. The van der Waals surface area contributed by atoms with Crippen LogP contribution in [0.3, 0.4) is 0 Å². The molecule has 0 atom stereocenters. The molecule has 0 aromatic heterocycles. The van der Waals surface area contributed by atoms with Crippen molar-refractivity contribution in [2.75, 3.05) is 12.4 Å². The van der Waals surface area contributed by atoms with Crippen molar-refractivity contribution in [3.63, 3.8) is 0 Å². The molecule has 1 heterocycles. The Morgan fingerprint density at radius 2 is 1.86 bits per heavy atom. The van der Waals surface area contributed by atoms with E-state index in [1.54, 1.807) is 19.2 Å². The molecule has 0 aliphatic carbocycles. The van der Waals surface area contributed by atoms with E-state index in [-0.39, 0.29) is 18.3 Å². The summed E-state index contributed by atoms with van der Waals surface area (Å²) in [7, 11) is 1.56. The van der Waals surface area contributed by atoms with Gasteiger partial charge in [-0.1, -0.05) is 30.3 Å². The Morgan fingerprint density at radius 1 is 1.10 bits per heavy atom. The summed E-state index contributed by atoms with van der Waals surface area (Å²) in [5, 5.41) is 2.86. The number of amides is 1. The Hall–Kier alpha value is -3.12. The zero-order valence-electron chi connectivity index (χ0n) is 15.5. The molecular formula is C23H17BrFNO3. The van der Waals surface area contributed by atoms with Gasteiger partial charge >= 0.3 is 0 Å². The molecule has 0 fully saturated rings. The monoisotopic (exact) mass is 453 g/mol. The molecule has 29 heavy (non-hydrogen) atoms. The highest BCUT2D eigenvalue weighted by Crippen LogP contribution is 2.39. The molecule has 4 rings (SSSR count). The van der Waals surface area contributed by atoms with E-state index in [9.17, 15) is 9.18 Å². The van der Waals surface area contributed by atoms with Gasteiger partial charge in [-0.2, -0.15) is 0 Å². The first-order chi connectivity index (χ1) is 14.0. The quantitative estimate of drug-likeness (QED) is 0.506. The van der Waals surface area contributed by atoms with Crippen LogP contribution in [0.4, 0.5) is 10.1 Å². The van der Waals surface area contributed by atoms with Crippen molar-refractivity contribution in [2.24, 2.45) is 0 Å². The fourth-order valence-corrected chi connectivity index (χ4v) is 3.72. The van der Waals surface area contributed by atoms with E-state index in [1.165, 1.54) is 12.1 Å². The molecule has 4 nitrogen and oxygen atoms in total. The van der Waals surface area contributed by atoms with Crippen molar-refractivity contribution in [2.45, 2.75) is 6.61 Å². The standard InChI is InChI=1S/C23H17BrFNO3/c1-28-21-12-15(10-18-17-4-2-3-5-20(17)26-23(18)27)11-19(24)22(21)29-13-14-6-8-16(25)9-7-14/h2-12H,13H2,1H3,(H,26,27)/b18-10-. The first-order valence-corrected chi connectivity index (χ1v) is 9.71. The van der Waals surface area contributed by atoms with E-state index in [2.05, 4.69) is 21.2 Å². The van der Waals surface area contributed by atoms with E-state index in [4.69, 9.17) is 9.47 Å². The van der Waals surface area contributed by atoms with Gasteiger partial charge in [-0.3, -0.25) is 4.79 Å². The topological polar surface area (TPSA) is 47.6 Å². The number of benzene rings is 3. The summed E-state index contributed by atoms with van der Waals surface area (Å²) in [5.41, 5.74) is 3.89. The number of carbonyl (C=O) groups is 1. The molecule has 1 amide bonds. The second-order valence-corrected chi connectivity index (χ2v) is 7.36. The molecule has 0 saturated heterocycles. The van der Waals surface area contributed by atoms with E-state index < -0.39 is 0 Å². The van der Waals surface area contributed by atoms with Gasteiger partial charge < -0.3 is 14.8 Å². The molecule has 0 unspecified atom stereocenters. The van der Waals surface area contributed by atoms with Crippen molar-refractivity contribution in [1.29, 1.82) is 0 Å². The minimum atomic E-state index is -0.289. The van der Waals surface area contributed by atoms with E-state index in [1.807, 2.05) is 42.5 Å². The highest BCUT2D eigenvalue weighted by atomic mass is 79.9. The van der Waals surface area contributed by atoms with Gasteiger partial charge in [0.2, 0.25) is 0 Å². The van der Waals surface area contributed by atoms with Crippen LogP contribution in [0.1, 0.15) is 16.7 Å². The van der Waals surface area contributed by atoms with Crippen LogP contribution in [0.2, 0.25) is 0 Å². The Kier molecular flexibility index (Phi) is 5.36. The second kappa shape index (κ2) is 8.09. The smallest absolute Gasteiger partial charge is 0.256 e. The van der Waals surface area contributed by atoms with Gasteiger partial charge in [0.15, 0.2) is 11.5 Å². The van der Waals surface area contributed by atoms with Crippen LogP contribution in [-0.2, 0) is 11.4 Å². The normalized spacial score (nSPS) is 13.9. The molecule has 146 valence electrons. The molecule has 0 radical (unpaired) electrons. The summed E-state index contributed by atoms with van der Waals surface area (Å²) in [6.45, 7) is 0.269. The largest absolute Gasteiger partial charge is 0.493 e. The average molecular weight is 454 g/mol. The minimum Gasteiger partial charge on any atom is -0.493 e. The number of halogens is 2. The summed E-state index contributed by atoms with van der Waals surface area (Å²) in [6.07, 6.45) is 1.82. The summed E-state index contributed by atoms with van der Waals surface area (Å²) in [5.74, 6) is 0.635. The first kappa shape index (κ1) is 19.2. The average Bonchev–Trinajstić information content (AvgIpc) is 3.03. The SMILES string of the molecule is COc1cc(/C=C2\C(=O)Nc3ccccc32)cc(Br)c1OCc1ccc(F)cc1. The summed E-state index contributed by atoms with van der Waals surface area (Å²) < 4.78 is 25.1. The Bertz CT molecular complexity index is 1110. The van der Waals surface area contributed by atoms with Crippen molar-refractivity contribution in [1.82, 2.24) is 0 Å². The van der Waals surface area contributed by atoms with Gasteiger partial charge in [-0.15, -0.1) is 0 Å². The minimum absolute atomic E-state index is 0.141. The van der Waals surface area contributed by atoms with Crippen LogP contribution >= 0.6 is 15.9 Å². The third kappa shape index (κ3) is 4.03. The number of methoxy groups -OCH3 is 1. The molecule has 3 aromatic carbocycles. The van der Waals surface area contributed by atoms with Gasteiger partial charge in [0.1, 0.15) is 12.4 Å². The maximum Gasteiger partial charge on any atom is 0.256 e. The van der Waals surface area contributed by atoms with Crippen LogP contribution in [0.25, 0.3) is 11.6 Å². The number of carbonyl (C=O) groups excluding carboxylic acids is 1. The molecule has 1 aliphatic rings. The second-order valence-electron chi connectivity index (χ2n) is 6.51. The van der Waals surface area contributed by atoms with Crippen molar-refractivity contribution in [3.05, 3.63) is 87.6 Å². The number of anilines is 1. The molecule has 0 bridgehead atoms. The van der Waals surface area contributed by atoms with Crippen molar-refractivity contribution < 1.29 is 18.7 Å². The maximum atomic E-state index is 13.1. The molecular weight excluding hydrogens is 437 g/mol. The van der Waals surface area contributed by atoms with Crippen LogP contribution in [0.15, 0.2) is 65.1 Å². The van der Waals surface area contributed by atoms with Crippen molar-refractivity contribution in [3.8, 4) is 11.5 Å². The number of hydrogen-bond acceptors (Lipinski definition) is 3. The lowest BCUT2D eigenvalue weighted by Gasteiger charge is -2.14. The van der Waals surface area contributed by atoms with Crippen LogP contribution in [0, 0.1) is 5.82 Å². The molecule has 3 aromatic rings. The lowest BCUT2D eigenvalue weighted by Crippen LogP contribution is -2.03. The van der Waals surface area contributed by atoms with Crippen LogP contribution in [-0.4, -0.2) is 13.0 Å². The maximum absolute atomic E-state index is 13.1. The van der Waals surface area contributed by atoms with E-state index in [0.29, 0.717) is 21.5 Å². The lowest BCUT2D eigenvalue weighted by atomic mass is 10.0. The third-order valence-corrected chi connectivity index (χ3v) is 5.16. The molecule has 0 saturated carbocycles. The predicted molar refractivity (Wildman–Crippen MR) is 114 cm³/mol. The van der Waals surface area contributed by atoms with Gasteiger partial charge in [0.25, 0.3) is 5.91 Å². The summed E-state index contributed by atoms with van der Waals surface area (Å²) >= 11 is 3.53. The predicted octanol–water partition coefficient (Wildman–Crippen LogP) is 5.67. The van der Waals surface area contributed by atoms with Gasteiger partial charge in [-0.25, -0.2) is 4.39 Å². The summed E-state index contributed by atoms with van der Waals surface area (Å²) in [6, 6.07) is 17.4. The Balaban J connectivity index is 1.63. The Labute approximate surface area is 176 Å². The number of hydrogen-bond donors (Lipinski definition) is 1. The number of fused-ring (bicyclic) bond motifs is 1. The number of ether oxygens (including phenoxy) is 2. The number of para-hydroxylation sites is 1. The zero-order chi connectivity index (χ0) is 20.4. The number of nitrogens with one attached hydrogen (secondary N) is 1. The first-order valence-electron chi connectivity index (χ1n) is 8.92. The van der Waals surface area contributed by atoms with Gasteiger partial charge in [-0.05, 0) is 63.5 Å².